The highest BCUT2D eigenvalue weighted by atomic mass is 16.6. The predicted molar refractivity (Wildman–Crippen MR) is 180 cm³/mol. The van der Waals surface area contributed by atoms with Crippen LogP contribution in [0.4, 0.5) is 4.79 Å². The fraction of sp³-hybridized carbons (Fsp3) is 0.444. The van der Waals surface area contributed by atoms with Crippen molar-refractivity contribution >= 4 is 17.8 Å². The van der Waals surface area contributed by atoms with E-state index in [9.17, 15) is 19.5 Å². The van der Waals surface area contributed by atoms with Gasteiger partial charge in [0.2, 0.25) is 0 Å². The van der Waals surface area contributed by atoms with E-state index in [2.05, 4.69) is 10.3 Å². The lowest BCUT2D eigenvalue weighted by atomic mass is 9.80. The SMILES string of the molecule is COC[C@]1(O)CCCC[C@H]1n1cnc(C(=O)N2CCN(C(=O)OCc3ccccc3)C[C@H]2CCn2cc(C(C)=O)nn2)c1-c1ccccc1. The Morgan fingerprint density at radius 2 is 1.78 bits per heavy atom. The summed E-state index contributed by atoms with van der Waals surface area (Å²) in [7, 11) is 1.59. The number of rotatable bonds is 11. The molecule has 4 aromatic rings. The van der Waals surface area contributed by atoms with Crippen molar-refractivity contribution in [1.82, 2.24) is 34.3 Å². The number of amides is 2. The van der Waals surface area contributed by atoms with Crippen LogP contribution in [-0.4, -0.2) is 102 Å². The van der Waals surface area contributed by atoms with Crippen LogP contribution in [0.1, 0.15) is 71.6 Å². The van der Waals surface area contributed by atoms with E-state index in [4.69, 9.17) is 14.5 Å². The van der Waals surface area contributed by atoms with Crippen molar-refractivity contribution in [1.29, 1.82) is 0 Å². The van der Waals surface area contributed by atoms with Crippen LogP contribution in [0.5, 0.6) is 0 Å². The summed E-state index contributed by atoms with van der Waals surface area (Å²) in [4.78, 5) is 47.8. The zero-order chi connectivity index (χ0) is 34.4. The Morgan fingerprint density at radius 1 is 1.02 bits per heavy atom. The lowest BCUT2D eigenvalue weighted by Gasteiger charge is -2.41. The minimum absolute atomic E-state index is 0.144. The highest BCUT2D eigenvalue weighted by Gasteiger charge is 2.43. The fourth-order valence-electron chi connectivity index (χ4n) is 6.99. The lowest BCUT2D eigenvalue weighted by Crippen LogP contribution is -2.57. The van der Waals surface area contributed by atoms with E-state index < -0.39 is 17.7 Å². The molecule has 2 aromatic heterocycles. The Labute approximate surface area is 285 Å². The number of aliphatic hydroxyl groups is 1. The summed E-state index contributed by atoms with van der Waals surface area (Å²) in [6, 6.07) is 18.4. The molecule has 13 heteroatoms. The van der Waals surface area contributed by atoms with Crippen LogP contribution in [0.15, 0.2) is 73.2 Å². The maximum absolute atomic E-state index is 14.6. The van der Waals surface area contributed by atoms with Crippen molar-refractivity contribution in [2.75, 3.05) is 33.4 Å². The summed E-state index contributed by atoms with van der Waals surface area (Å²) in [5.74, 6) is -0.457. The molecule has 1 saturated heterocycles. The number of methoxy groups -OCH3 is 1. The summed E-state index contributed by atoms with van der Waals surface area (Å²) < 4.78 is 14.6. The molecule has 0 spiro atoms. The number of carbonyl (C=O) groups excluding carboxylic acids is 3. The molecule has 258 valence electrons. The van der Waals surface area contributed by atoms with E-state index in [0.717, 1.165) is 30.4 Å². The van der Waals surface area contributed by atoms with Gasteiger partial charge in [-0.05, 0) is 24.8 Å². The normalized spacial score (nSPS) is 21.0. The maximum atomic E-state index is 14.6. The van der Waals surface area contributed by atoms with Crippen LogP contribution in [0.3, 0.4) is 0 Å². The monoisotopic (exact) mass is 669 g/mol. The molecule has 2 fully saturated rings. The number of hydrogen-bond donors (Lipinski definition) is 1. The van der Waals surface area contributed by atoms with Gasteiger partial charge in [-0.3, -0.25) is 14.3 Å². The molecule has 3 atom stereocenters. The molecule has 2 aromatic carbocycles. The molecule has 2 amide bonds. The fourth-order valence-corrected chi connectivity index (χ4v) is 6.99. The van der Waals surface area contributed by atoms with Crippen LogP contribution in [-0.2, 0) is 22.6 Å². The van der Waals surface area contributed by atoms with Crippen molar-refractivity contribution in [2.45, 2.75) is 69.9 Å². The first-order chi connectivity index (χ1) is 23.8. The Balaban J connectivity index is 1.29. The van der Waals surface area contributed by atoms with Crippen molar-refractivity contribution in [3.05, 3.63) is 90.1 Å². The summed E-state index contributed by atoms with van der Waals surface area (Å²) in [5.41, 5.74) is 1.76. The second-order valence-corrected chi connectivity index (χ2v) is 12.9. The van der Waals surface area contributed by atoms with E-state index in [-0.39, 0.29) is 62.0 Å². The Morgan fingerprint density at radius 3 is 2.49 bits per heavy atom. The number of nitrogens with zero attached hydrogens (tertiary/aromatic N) is 7. The van der Waals surface area contributed by atoms with Crippen molar-refractivity contribution in [2.24, 2.45) is 0 Å². The molecular weight excluding hydrogens is 626 g/mol. The van der Waals surface area contributed by atoms with Crippen LogP contribution >= 0.6 is 0 Å². The summed E-state index contributed by atoms with van der Waals surface area (Å²) in [6.45, 7) is 2.90. The molecule has 0 unspecified atom stereocenters. The smallest absolute Gasteiger partial charge is 0.410 e. The van der Waals surface area contributed by atoms with Gasteiger partial charge >= 0.3 is 6.09 Å². The van der Waals surface area contributed by atoms with Crippen molar-refractivity contribution in [3.63, 3.8) is 0 Å². The zero-order valence-electron chi connectivity index (χ0n) is 28.0. The molecule has 3 heterocycles. The number of ether oxygens (including phenoxy) is 2. The third kappa shape index (κ3) is 7.57. The number of hydrogen-bond acceptors (Lipinski definition) is 9. The molecule has 13 nitrogen and oxygen atoms in total. The minimum Gasteiger partial charge on any atom is -0.445 e. The van der Waals surface area contributed by atoms with E-state index in [1.54, 1.807) is 34.1 Å². The quantitative estimate of drug-likeness (QED) is 0.230. The molecule has 1 N–H and O–H groups in total. The molecule has 1 saturated carbocycles. The van der Waals surface area contributed by atoms with E-state index in [1.807, 2.05) is 65.2 Å². The number of ketones is 1. The largest absolute Gasteiger partial charge is 0.445 e. The predicted octanol–water partition coefficient (Wildman–Crippen LogP) is 4.39. The second kappa shape index (κ2) is 15.1. The van der Waals surface area contributed by atoms with Gasteiger partial charge in [0, 0.05) is 45.8 Å². The van der Waals surface area contributed by atoms with Gasteiger partial charge in [0.1, 0.15) is 17.9 Å². The number of aryl methyl sites for hydroxylation is 1. The Bertz CT molecular complexity index is 1740. The van der Waals surface area contributed by atoms with Gasteiger partial charge in [0.05, 0.1) is 36.9 Å². The number of piperazine rings is 1. The number of benzene rings is 2. The van der Waals surface area contributed by atoms with Crippen molar-refractivity contribution in [3.8, 4) is 11.3 Å². The van der Waals surface area contributed by atoms with Crippen molar-refractivity contribution < 1.29 is 29.0 Å². The van der Waals surface area contributed by atoms with Crippen LogP contribution in [0.25, 0.3) is 11.3 Å². The molecular formula is C36H43N7O6. The second-order valence-electron chi connectivity index (χ2n) is 12.9. The Hall–Kier alpha value is -4.88. The lowest BCUT2D eigenvalue weighted by molar-refractivity contribution is -0.0893. The molecule has 1 aliphatic heterocycles. The van der Waals surface area contributed by atoms with Crippen LogP contribution < -0.4 is 0 Å². The average Bonchev–Trinajstić information content (AvgIpc) is 3.79. The molecule has 0 bridgehead atoms. The standard InChI is InChI=1S/C36H43N7O6/c1-26(44)30-22-41(39-38-30)18-16-29-21-40(35(46)49-23-27-11-5-3-6-12-27)19-20-42(29)34(45)32-33(28-13-7-4-8-14-28)43(25-37-32)31-15-9-10-17-36(31,47)24-48-2/h3-8,11-14,22,25,29,31,47H,9-10,15-21,23-24H2,1-2H3/t29-,31-,36-/m1/s1. The first-order valence-electron chi connectivity index (χ1n) is 16.8. The molecule has 6 rings (SSSR count). The van der Waals surface area contributed by atoms with Crippen LogP contribution in [0.2, 0.25) is 0 Å². The molecule has 1 aliphatic carbocycles. The van der Waals surface area contributed by atoms with Gasteiger partial charge in [0.25, 0.3) is 5.91 Å². The van der Waals surface area contributed by atoms with E-state index in [1.165, 1.54) is 6.92 Å². The van der Waals surface area contributed by atoms with E-state index in [0.29, 0.717) is 25.1 Å². The van der Waals surface area contributed by atoms with E-state index >= 15 is 0 Å². The highest BCUT2D eigenvalue weighted by molar-refractivity contribution is 5.98. The number of aromatic nitrogens is 5. The molecule has 0 radical (unpaired) electrons. The number of carbonyl (C=O) groups is 3. The molecule has 2 aliphatic rings. The zero-order valence-corrected chi connectivity index (χ0v) is 28.0. The van der Waals surface area contributed by atoms with Gasteiger partial charge in [-0.1, -0.05) is 78.7 Å². The van der Waals surface area contributed by atoms with Crippen LogP contribution in [0, 0.1) is 0 Å². The highest BCUT2D eigenvalue weighted by Crippen LogP contribution is 2.41. The minimum atomic E-state index is -1.11. The third-order valence-corrected chi connectivity index (χ3v) is 9.53. The van der Waals surface area contributed by atoms with Gasteiger partial charge < -0.3 is 28.9 Å². The topological polar surface area (TPSA) is 145 Å². The van der Waals surface area contributed by atoms with Gasteiger partial charge in [-0.2, -0.15) is 0 Å². The average molecular weight is 670 g/mol. The maximum Gasteiger partial charge on any atom is 0.410 e. The number of Topliss-reactive ketones (excluding diaryl/α,β-unsaturated/α-hetero) is 1. The summed E-state index contributed by atoms with van der Waals surface area (Å²) in [6.07, 6.45) is 6.36. The van der Waals surface area contributed by atoms with Gasteiger partial charge in [-0.25, -0.2) is 9.78 Å². The summed E-state index contributed by atoms with van der Waals surface area (Å²) >= 11 is 0. The summed E-state index contributed by atoms with van der Waals surface area (Å²) in [5, 5.41) is 19.8. The first-order valence-corrected chi connectivity index (χ1v) is 16.8. The first kappa shape index (κ1) is 34.0. The number of imidazole rings is 1. The molecule has 49 heavy (non-hydrogen) atoms. The Kier molecular flexibility index (Phi) is 10.5. The third-order valence-electron chi connectivity index (χ3n) is 9.53. The van der Waals surface area contributed by atoms with Gasteiger partial charge in [-0.15, -0.1) is 5.10 Å². The van der Waals surface area contributed by atoms with Gasteiger partial charge in [0.15, 0.2) is 11.5 Å².